The molecule has 0 aliphatic carbocycles. The Morgan fingerprint density at radius 3 is 2.50 bits per heavy atom. The number of rotatable bonds is 2. The molecule has 0 bridgehead atoms. The van der Waals surface area contributed by atoms with Gasteiger partial charge in [-0.15, -0.1) is 12.4 Å². The molecule has 0 atom stereocenters. The Bertz CT molecular complexity index is 564. The molecule has 0 amide bonds. The fourth-order valence-electron chi connectivity index (χ4n) is 1.40. The summed E-state index contributed by atoms with van der Waals surface area (Å²) in [5.41, 5.74) is 6.81. The van der Waals surface area contributed by atoms with E-state index in [1.165, 1.54) is 24.3 Å². The van der Waals surface area contributed by atoms with Gasteiger partial charge < -0.3 is 16.2 Å². The van der Waals surface area contributed by atoms with Gasteiger partial charge in [0.25, 0.3) is 0 Å². The van der Waals surface area contributed by atoms with E-state index in [9.17, 15) is 9.50 Å². The molecule has 96 valence electrons. The van der Waals surface area contributed by atoms with Crippen LogP contribution in [0.15, 0.2) is 36.4 Å². The number of halogens is 3. The highest BCUT2D eigenvalue weighted by Gasteiger charge is 2.05. The largest absolute Gasteiger partial charge is 0.506 e. The maximum Gasteiger partial charge on any atom is 0.139 e. The number of aromatic hydroxyl groups is 1. The van der Waals surface area contributed by atoms with Crippen molar-refractivity contribution in [1.82, 2.24) is 0 Å². The van der Waals surface area contributed by atoms with Crippen LogP contribution in [-0.4, -0.2) is 5.11 Å². The van der Waals surface area contributed by atoms with E-state index < -0.39 is 5.82 Å². The second kappa shape index (κ2) is 5.80. The van der Waals surface area contributed by atoms with E-state index in [1.807, 2.05) is 0 Å². The number of phenols is 1. The average Bonchev–Trinajstić information content (AvgIpc) is 2.27. The summed E-state index contributed by atoms with van der Waals surface area (Å²) in [7, 11) is 0. The highest BCUT2D eigenvalue weighted by atomic mass is 35.5. The predicted octanol–water partition coefficient (Wildman–Crippen LogP) is 3.93. The third-order valence-corrected chi connectivity index (χ3v) is 2.48. The van der Waals surface area contributed by atoms with Gasteiger partial charge in [-0.05, 0) is 36.4 Å². The third-order valence-electron chi connectivity index (χ3n) is 2.24. The molecular weight excluding hydrogens is 278 g/mol. The monoisotopic (exact) mass is 288 g/mol. The van der Waals surface area contributed by atoms with Gasteiger partial charge >= 0.3 is 0 Å². The minimum Gasteiger partial charge on any atom is -0.506 e. The number of nitrogen functional groups attached to an aromatic ring is 1. The first-order valence-electron chi connectivity index (χ1n) is 4.87. The summed E-state index contributed by atoms with van der Waals surface area (Å²) in [6, 6.07) is 8.55. The van der Waals surface area contributed by atoms with Crippen LogP contribution in [-0.2, 0) is 0 Å². The molecule has 0 saturated heterocycles. The van der Waals surface area contributed by atoms with Gasteiger partial charge in [-0.25, -0.2) is 4.39 Å². The number of phenolic OH excluding ortho intramolecular Hbond substituents is 1. The van der Waals surface area contributed by atoms with Crippen LogP contribution in [0, 0.1) is 5.82 Å². The molecule has 0 saturated carbocycles. The van der Waals surface area contributed by atoms with Gasteiger partial charge in [-0.3, -0.25) is 0 Å². The van der Waals surface area contributed by atoms with Crippen molar-refractivity contribution in [2.24, 2.45) is 0 Å². The fraction of sp³-hybridized carbons (Fsp3) is 0. The maximum atomic E-state index is 12.9. The molecule has 0 aliphatic rings. The van der Waals surface area contributed by atoms with E-state index in [0.717, 1.165) is 0 Å². The van der Waals surface area contributed by atoms with Crippen LogP contribution in [0.4, 0.5) is 21.5 Å². The van der Waals surface area contributed by atoms with Crippen LogP contribution in [0.1, 0.15) is 0 Å². The fourth-order valence-corrected chi connectivity index (χ4v) is 1.57. The topological polar surface area (TPSA) is 58.3 Å². The number of nitrogens with one attached hydrogen (secondary N) is 1. The van der Waals surface area contributed by atoms with E-state index in [2.05, 4.69) is 5.32 Å². The summed E-state index contributed by atoms with van der Waals surface area (Å²) < 4.78 is 12.9. The quantitative estimate of drug-likeness (QED) is 0.580. The number of hydrogen-bond acceptors (Lipinski definition) is 3. The van der Waals surface area contributed by atoms with E-state index in [-0.39, 0.29) is 23.8 Å². The Balaban J connectivity index is 0.00000162. The number of hydrogen-bond donors (Lipinski definition) is 3. The van der Waals surface area contributed by atoms with Crippen LogP contribution in [0.3, 0.4) is 0 Å². The van der Waals surface area contributed by atoms with Gasteiger partial charge in [0.15, 0.2) is 0 Å². The lowest BCUT2D eigenvalue weighted by Gasteiger charge is -2.11. The van der Waals surface area contributed by atoms with Gasteiger partial charge in [0.2, 0.25) is 0 Å². The van der Waals surface area contributed by atoms with E-state index in [4.69, 9.17) is 17.3 Å². The van der Waals surface area contributed by atoms with Crippen molar-refractivity contribution in [3.63, 3.8) is 0 Å². The van der Waals surface area contributed by atoms with Crippen LogP contribution >= 0.6 is 24.0 Å². The zero-order valence-corrected chi connectivity index (χ0v) is 10.7. The van der Waals surface area contributed by atoms with Crippen molar-refractivity contribution in [1.29, 1.82) is 0 Å². The molecular formula is C12H11Cl2FN2O. The smallest absolute Gasteiger partial charge is 0.139 e. The summed E-state index contributed by atoms with van der Waals surface area (Å²) in [6.07, 6.45) is 0. The van der Waals surface area contributed by atoms with Crippen molar-refractivity contribution < 1.29 is 9.50 Å². The highest BCUT2D eigenvalue weighted by molar-refractivity contribution is 6.31. The minimum atomic E-state index is -0.414. The summed E-state index contributed by atoms with van der Waals surface area (Å²) in [5.74, 6) is -0.374. The Morgan fingerprint density at radius 2 is 1.83 bits per heavy atom. The molecule has 0 fully saturated rings. The highest BCUT2D eigenvalue weighted by Crippen LogP contribution is 2.31. The average molecular weight is 289 g/mol. The van der Waals surface area contributed by atoms with Gasteiger partial charge in [-0.2, -0.15) is 0 Å². The molecule has 0 heterocycles. The predicted molar refractivity (Wildman–Crippen MR) is 74.5 cm³/mol. The van der Waals surface area contributed by atoms with Gasteiger partial charge in [0.1, 0.15) is 11.6 Å². The summed E-state index contributed by atoms with van der Waals surface area (Å²) in [4.78, 5) is 0. The second-order valence-electron chi connectivity index (χ2n) is 3.52. The maximum absolute atomic E-state index is 12.9. The van der Waals surface area contributed by atoms with Crippen LogP contribution in [0.25, 0.3) is 0 Å². The first-order chi connectivity index (χ1) is 8.06. The first-order valence-corrected chi connectivity index (χ1v) is 5.24. The lowest BCUT2D eigenvalue weighted by atomic mass is 10.2. The second-order valence-corrected chi connectivity index (χ2v) is 3.95. The summed E-state index contributed by atoms with van der Waals surface area (Å²) in [6.45, 7) is 0. The molecule has 2 rings (SSSR count). The van der Waals surface area contributed by atoms with E-state index >= 15 is 0 Å². The summed E-state index contributed by atoms with van der Waals surface area (Å²) in [5, 5.41) is 13.0. The van der Waals surface area contributed by atoms with Crippen LogP contribution in [0.2, 0.25) is 5.02 Å². The zero-order valence-electron chi connectivity index (χ0n) is 9.15. The zero-order chi connectivity index (χ0) is 12.4. The van der Waals surface area contributed by atoms with Crippen LogP contribution < -0.4 is 11.1 Å². The lowest BCUT2D eigenvalue weighted by molar-refractivity contribution is 0.478. The molecule has 0 aromatic heterocycles. The molecule has 6 heteroatoms. The molecule has 0 spiro atoms. The Labute approximate surface area is 115 Å². The van der Waals surface area contributed by atoms with Crippen molar-refractivity contribution in [3.8, 4) is 5.75 Å². The van der Waals surface area contributed by atoms with Crippen molar-refractivity contribution in [2.45, 2.75) is 0 Å². The molecule has 0 radical (unpaired) electrons. The van der Waals surface area contributed by atoms with Crippen molar-refractivity contribution in [2.75, 3.05) is 11.1 Å². The van der Waals surface area contributed by atoms with Gasteiger partial charge in [0.05, 0.1) is 17.1 Å². The molecule has 3 nitrogen and oxygen atoms in total. The Morgan fingerprint density at radius 1 is 1.11 bits per heavy atom. The molecule has 2 aromatic carbocycles. The normalized spacial score (nSPS) is 9.67. The molecule has 0 aliphatic heterocycles. The van der Waals surface area contributed by atoms with Crippen molar-refractivity contribution in [3.05, 3.63) is 47.2 Å². The first kappa shape index (κ1) is 14.4. The minimum absolute atomic E-state index is 0. The number of benzene rings is 2. The molecule has 18 heavy (non-hydrogen) atoms. The number of anilines is 3. The standard InChI is InChI=1S/C12H10ClFN2O.ClH/c13-7-1-4-12(17)11(5-7)16-10-3-2-8(14)6-9(10)15;/h1-6,16-17H,15H2;1H. The third kappa shape index (κ3) is 3.18. The Hall–Kier alpha value is -1.65. The Kier molecular flexibility index (Phi) is 4.64. The van der Waals surface area contributed by atoms with E-state index in [1.54, 1.807) is 12.1 Å². The molecule has 4 N–H and O–H groups in total. The SMILES string of the molecule is Cl.Nc1cc(F)ccc1Nc1cc(Cl)ccc1O. The molecule has 0 unspecified atom stereocenters. The van der Waals surface area contributed by atoms with Gasteiger partial charge in [-0.1, -0.05) is 11.6 Å². The van der Waals surface area contributed by atoms with E-state index in [0.29, 0.717) is 16.4 Å². The number of nitrogens with two attached hydrogens (primary N) is 1. The summed E-state index contributed by atoms with van der Waals surface area (Å²) >= 11 is 5.81. The van der Waals surface area contributed by atoms with Crippen LogP contribution in [0.5, 0.6) is 5.75 Å². The van der Waals surface area contributed by atoms with Crippen molar-refractivity contribution >= 4 is 41.1 Å². The lowest BCUT2D eigenvalue weighted by Crippen LogP contribution is -1.97. The van der Waals surface area contributed by atoms with Gasteiger partial charge in [0, 0.05) is 5.02 Å². The molecule has 2 aromatic rings.